The predicted octanol–water partition coefficient (Wildman–Crippen LogP) is 4.98. The smallest absolute Gasteiger partial charge is 0.335 e. The second-order valence-electron chi connectivity index (χ2n) is 7.35. The van der Waals surface area contributed by atoms with Gasteiger partial charge in [0.2, 0.25) is 0 Å². The topological polar surface area (TPSA) is 94.2 Å². The fourth-order valence-corrected chi connectivity index (χ4v) is 3.58. The Morgan fingerprint density at radius 1 is 0.971 bits per heavy atom. The van der Waals surface area contributed by atoms with Gasteiger partial charge in [0.15, 0.2) is 11.5 Å². The molecule has 8 nitrogen and oxygen atoms in total. The van der Waals surface area contributed by atoms with Crippen molar-refractivity contribution in [1.82, 2.24) is 5.32 Å². The Balaban J connectivity index is 1.91. The molecule has 1 saturated heterocycles. The van der Waals surface area contributed by atoms with Crippen LogP contribution < -0.4 is 24.4 Å². The van der Waals surface area contributed by atoms with Crippen LogP contribution in [0.4, 0.5) is 10.5 Å². The highest BCUT2D eigenvalue weighted by Gasteiger charge is 2.37. The third kappa shape index (κ3) is 5.69. The number of hydrogen-bond acceptors (Lipinski definition) is 6. The summed E-state index contributed by atoms with van der Waals surface area (Å²) in [5.41, 5.74) is 0.540. The van der Waals surface area contributed by atoms with E-state index in [0.717, 1.165) is 17.7 Å². The van der Waals surface area contributed by atoms with Crippen molar-refractivity contribution >= 4 is 41.2 Å². The first-order valence-corrected chi connectivity index (χ1v) is 11.5. The zero-order valence-electron chi connectivity index (χ0n) is 19.4. The summed E-state index contributed by atoms with van der Waals surface area (Å²) in [6.45, 7) is 7.04. The predicted molar refractivity (Wildman–Crippen MR) is 130 cm³/mol. The minimum absolute atomic E-state index is 0.217. The SMILES string of the molecule is CCCCOc1ccc(N2C(=O)NC(=O)/C(=C/c3cc(Cl)c(OCC)c(OCC)c3)C2=O)cc1. The average molecular weight is 487 g/mol. The number of nitrogens with one attached hydrogen (secondary N) is 1. The van der Waals surface area contributed by atoms with Crippen LogP contribution in [0.1, 0.15) is 39.2 Å². The highest BCUT2D eigenvalue weighted by atomic mass is 35.5. The summed E-state index contributed by atoms with van der Waals surface area (Å²) in [6, 6.07) is 8.88. The Morgan fingerprint density at radius 3 is 2.32 bits per heavy atom. The van der Waals surface area contributed by atoms with Gasteiger partial charge >= 0.3 is 6.03 Å². The van der Waals surface area contributed by atoms with Crippen molar-refractivity contribution in [2.75, 3.05) is 24.7 Å². The van der Waals surface area contributed by atoms with Crippen LogP contribution in [0.15, 0.2) is 42.0 Å². The standard InChI is InChI=1S/C25H27ClN2O6/c1-4-7-12-34-18-10-8-17(9-11-18)28-24(30)19(23(29)27-25(28)31)13-16-14-20(26)22(33-6-3)21(15-16)32-5-2/h8-11,13-15H,4-7,12H2,1-3H3,(H,27,29,31)/b19-13-. The molecule has 0 unspecified atom stereocenters. The van der Waals surface area contributed by atoms with Crippen LogP contribution in [0.25, 0.3) is 6.08 Å². The summed E-state index contributed by atoms with van der Waals surface area (Å²) in [4.78, 5) is 39.1. The first kappa shape index (κ1) is 25.1. The number of barbiturate groups is 1. The summed E-state index contributed by atoms with van der Waals surface area (Å²) in [7, 11) is 0. The zero-order chi connectivity index (χ0) is 24.7. The van der Waals surface area contributed by atoms with E-state index < -0.39 is 17.8 Å². The number of hydrogen-bond donors (Lipinski definition) is 1. The van der Waals surface area contributed by atoms with Crippen molar-refractivity contribution in [3.05, 3.63) is 52.6 Å². The molecule has 0 bridgehead atoms. The number of ether oxygens (including phenoxy) is 3. The molecular formula is C25H27ClN2O6. The Hall–Kier alpha value is -3.52. The van der Waals surface area contributed by atoms with Crippen molar-refractivity contribution in [3.63, 3.8) is 0 Å². The van der Waals surface area contributed by atoms with Crippen molar-refractivity contribution in [2.45, 2.75) is 33.6 Å². The van der Waals surface area contributed by atoms with Crippen LogP contribution in [0.3, 0.4) is 0 Å². The molecule has 0 spiro atoms. The molecule has 34 heavy (non-hydrogen) atoms. The van der Waals surface area contributed by atoms with Gasteiger partial charge in [-0.3, -0.25) is 14.9 Å². The number of carbonyl (C=O) groups is 3. The fourth-order valence-electron chi connectivity index (χ4n) is 3.30. The van der Waals surface area contributed by atoms with E-state index >= 15 is 0 Å². The molecule has 1 N–H and O–H groups in total. The van der Waals surface area contributed by atoms with Crippen molar-refractivity contribution in [1.29, 1.82) is 0 Å². The number of anilines is 1. The largest absolute Gasteiger partial charge is 0.494 e. The molecule has 0 aliphatic carbocycles. The van der Waals surface area contributed by atoms with Gasteiger partial charge in [-0.25, -0.2) is 9.69 Å². The van der Waals surface area contributed by atoms with E-state index in [1.54, 1.807) is 36.4 Å². The summed E-state index contributed by atoms with van der Waals surface area (Å²) < 4.78 is 16.8. The second-order valence-corrected chi connectivity index (χ2v) is 7.76. The van der Waals surface area contributed by atoms with Crippen molar-refractivity contribution in [2.24, 2.45) is 0 Å². The molecule has 0 radical (unpaired) electrons. The minimum Gasteiger partial charge on any atom is -0.494 e. The summed E-state index contributed by atoms with van der Waals surface area (Å²) >= 11 is 6.35. The van der Waals surface area contributed by atoms with Crippen molar-refractivity contribution < 1.29 is 28.6 Å². The molecule has 0 atom stereocenters. The number of unbranched alkanes of at least 4 members (excludes halogenated alkanes) is 1. The molecule has 4 amide bonds. The fraction of sp³-hybridized carbons (Fsp3) is 0.320. The first-order chi connectivity index (χ1) is 16.4. The molecule has 1 heterocycles. The summed E-state index contributed by atoms with van der Waals surface area (Å²) in [6.07, 6.45) is 3.30. The lowest BCUT2D eigenvalue weighted by Gasteiger charge is -2.26. The Bertz CT molecular complexity index is 1100. The third-order valence-electron chi connectivity index (χ3n) is 4.89. The number of urea groups is 1. The Labute approximate surface area is 203 Å². The van der Waals surface area contributed by atoms with E-state index in [4.69, 9.17) is 25.8 Å². The summed E-state index contributed by atoms with van der Waals surface area (Å²) in [5, 5.41) is 2.48. The Kier molecular flexibility index (Phi) is 8.54. The van der Waals surface area contributed by atoms with Gasteiger partial charge in [0.05, 0.1) is 30.5 Å². The maximum absolute atomic E-state index is 13.2. The van der Waals surface area contributed by atoms with Gasteiger partial charge in [-0.1, -0.05) is 24.9 Å². The molecule has 2 aromatic rings. The zero-order valence-corrected chi connectivity index (χ0v) is 20.1. The molecule has 1 aliphatic heterocycles. The molecule has 3 rings (SSSR count). The van der Waals surface area contributed by atoms with Crippen LogP contribution >= 0.6 is 11.6 Å². The molecule has 0 aromatic heterocycles. The lowest BCUT2D eigenvalue weighted by atomic mass is 10.1. The van der Waals surface area contributed by atoms with E-state index in [0.29, 0.717) is 48.3 Å². The van der Waals surface area contributed by atoms with Gasteiger partial charge in [-0.05, 0) is 68.3 Å². The van der Waals surface area contributed by atoms with Gasteiger partial charge < -0.3 is 14.2 Å². The maximum atomic E-state index is 13.2. The quantitative estimate of drug-likeness (QED) is 0.289. The minimum atomic E-state index is -0.827. The number of rotatable bonds is 10. The Morgan fingerprint density at radius 2 is 1.68 bits per heavy atom. The molecule has 0 saturated carbocycles. The number of benzene rings is 2. The average Bonchev–Trinajstić information content (AvgIpc) is 2.80. The number of halogens is 1. The van der Waals surface area contributed by atoms with Crippen LogP contribution in [0.5, 0.6) is 17.2 Å². The third-order valence-corrected chi connectivity index (χ3v) is 5.18. The molecule has 1 fully saturated rings. The van der Waals surface area contributed by atoms with Crippen molar-refractivity contribution in [3.8, 4) is 17.2 Å². The van der Waals surface area contributed by atoms with Gasteiger partial charge in [0.25, 0.3) is 11.8 Å². The van der Waals surface area contributed by atoms with E-state index in [9.17, 15) is 14.4 Å². The van der Waals surface area contributed by atoms with E-state index in [2.05, 4.69) is 12.2 Å². The van der Waals surface area contributed by atoms with Gasteiger partial charge in [-0.2, -0.15) is 0 Å². The van der Waals surface area contributed by atoms with Crippen LogP contribution in [-0.2, 0) is 9.59 Å². The molecule has 9 heteroatoms. The highest BCUT2D eigenvalue weighted by molar-refractivity contribution is 6.39. The lowest BCUT2D eigenvalue weighted by Crippen LogP contribution is -2.54. The monoisotopic (exact) mass is 486 g/mol. The van der Waals surface area contributed by atoms with E-state index in [1.807, 2.05) is 13.8 Å². The normalized spacial score (nSPS) is 14.9. The van der Waals surface area contributed by atoms with Gasteiger partial charge in [-0.15, -0.1) is 0 Å². The number of imide groups is 2. The number of nitrogens with zero attached hydrogens (tertiary/aromatic N) is 1. The van der Waals surface area contributed by atoms with E-state index in [1.165, 1.54) is 6.08 Å². The van der Waals surface area contributed by atoms with E-state index in [-0.39, 0.29) is 10.6 Å². The maximum Gasteiger partial charge on any atom is 0.335 e. The van der Waals surface area contributed by atoms with Crippen LogP contribution in [0.2, 0.25) is 5.02 Å². The number of carbonyl (C=O) groups excluding carboxylic acids is 3. The molecule has 2 aromatic carbocycles. The first-order valence-electron chi connectivity index (χ1n) is 11.1. The highest BCUT2D eigenvalue weighted by Crippen LogP contribution is 2.37. The van der Waals surface area contributed by atoms with Gasteiger partial charge in [0, 0.05) is 0 Å². The molecule has 1 aliphatic rings. The van der Waals surface area contributed by atoms with Gasteiger partial charge in [0.1, 0.15) is 11.3 Å². The molecule has 180 valence electrons. The molecular weight excluding hydrogens is 460 g/mol. The van der Waals surface area contributed by atoms with Crippen LogP contribution in [-0.4, -0.2) is 37.7 Å². The number of amides is 4. The lowest BCUT2D eigenvalue weighted by molar-refractivity contribution is -0.122. The second kappa shape index (κ2) is 11.6. The summed E-state index contributed by atoms with van der Waals surface area (Å²) in [5.74, 6) is -0.156. The van der Waals surface area contributed by atoms with Crippen LogP contribution in [0, 0.1) is 0 Å².